The van der Waals surface area contributed by atoms with E-state index in [9.17, 15) is 5.26 Å². The van der Waals surface area contributed by atoms with Crippen LogP contribution in [0.3, 0.4) is 0 Å². The average molecular weight is 401 g/mol. The maximum Gasteiger partial charge on any atom is 0.149 e. The predicted octanol–water partition coefficient (Wildman–Crippen LogP) is 2.45. The summed E-state index contributed by atoms with van der Waals surface area (Å²) in [5.74, 6) is 1.22. The van der Waals surface area contributed by atoms with Gasteiger partial charge < -0.3 is 5.32 Å². The summed E-state index contributed by atoms with van der Waals surface area (Å²) in [6, 6.07) is 4.38. The van der Waals surface area contributed by atoms with Crippen molar-refractivity contribution in [2.75, 3.05) is 13.1 Å². The van der Waals surface area contributed by atoms with E-state index in [0.717, 1.165) is 54.2 Å². The zero-order valence-electron chi connectivity index (χ0n) is 16.8. The molecule has 5 heterocycles. The summed E-state index contributed by atoms with van der Waals surface area (Å²) in [5, 5.41) is 21.7. The molecule has 0 aromatic carbocycles. The van der Waals surface area contributed by atoms with Crippen LogP contribution in [0.15, 0.2) is 43.2 Å². The minimum atomic E-state index is 0.0747. The van der Waals surface area contributed by atoms with Crippen molar-refractivity contribution in [1.29, 1.82) is 5.26 Å². The molecule has 1 fully saturated rings. The van der Waals surface area contributed by atoms with Gasteiger partial charge in [-0.3, -0.25) is 13.8 Å². The monoisotopic (exact) mass is 401 g/mol. The van der Waals surface area contributed by atoms with Crippen molar-refractivity contribution in [2.45, 2.75) is 25.3 Å². The number of piperidine rings is 1. The van der Waals surface area contributed by atoms with E-state index in [0.29, 0.717) is 12.3 Å². The van der Waals surface area contributed by atoms with Crippen molar-refractivity contribution in [3.05, 3.63) is 43.2 Å². The number of nitrogens with one attached hydrogen (secondary N) is 1. The summed E-state index contributed by atoms with van der Waals surface area (Å²) in [7, 11) is 1.89. The van der Waals surface area contributed by atoms with Gasteiger partial charge in [-0.1, -0.05) is 0 Å². The molecule has 0 radical (unpaired) electrons. The molecule has 1 N–H and O–H groups in total. The van der Waals surface area contributed by atoms with E-state index in [1.165, 1.54) is 0 Å². The van der Waals surface area contributed by atoms with Gasteiger partial charge in [0.15, 0.2) is 0 Å². The van der Waals surface area contributed by atoms with E-state index < -0.39 is 0 Å². The standard InChI is InChI=1S/C21H23N9/c1-28-13-16(11-25-28)18-10-20-24-8-9-29(20)21(27-18)17-12-26-30(14-17)19(2-5-22)15-3-6-23-7-4-15/h8-15,19,23H,2-4,6-7H2,1H3. The summed E-state index contributed by atoms with van der Waals surface area (Å²) in [6.45, 7) is 1.98. The fourth-order valence-corrected chi connectivity index (χ4v) is 4.26. The summed E-state index contributed by atoms with van der Waals surface area (Å²) in [4.78, 5) is 9.36. The van der Waals surface area contributed by atoms with Crippen LogP contribution in [0.2, 0.25) is 0 Å². The lowest BCUT2D eigenvalue weighted by Gasteiger charge is -2.29. The maximum atomic E-state index is 9.39. The lowest BCUT2D eigenvalue weighted by Crippen LogP contribution is -2.32. The first-order valence-corrected chi connectivity index (χ1v) is 10.2. The third-order valence-electron chi connectivity index (χ3n) is 5.82. The molecule has 0 bridgehead atoms. The average Bonchev–Trinajstić information content (AvgIpc) is 3.52. The number of aryl methyl sites for hydroxylation is 1. The molecule has 5 rings (SSSR count). The van der Waals surface area contributed by atoms with E-state index in [1.807, 2.05) is 47.0 Å². The number of nitriles is 1. The molecular weight excluding hydrogens is 378 g/mol. The molecule has 9 heteroatoms. The Hall–Kier alpha value is -3.51. The largest absolute Gasteiger partial charge is 0.317 e. The van der Waals surface area contributed by atoms with E-state index in [4.69, 9.17) is 4.98 Å². The van der Waals surface area contributed by atoms with Crippen molar-refractivity contribution in [1.82, 2.24) is 39.2 Å². The lowest BCUT2D eigenvalue weighted by molar-refractivity contribution is 0.247. The summed E-state index contributed by atoms with van der Waals surface area (Å²) in [5.41, 5.74) is 3.48. The van der Waals surface area contributed by atoms with Gasteiger partial charge in [0.05, 0.1) is 42.2 Å². The molecule has 30 heavy (non-hydrogen) atoms. The minimum Gasteiger partial charge on any atom is -0.317 e. The quantitative estimate of drug-likeness (QED) is 0.551. The molecule has 4 aromatic rings. The molecule has 1 saturated heterocycles. The Bertz CT molecular complexity index is 1200. The van der Waals surface area contributed by atoms with Crippen LogP contribution >= 0.6 is 0 Å². The van der Waals surface area contributed by atoms with Crippen LogP contribution in [0.25, 0.3) is 28.3 Å². The van der Waals surface area contributed by atoms with Gasteiger partial charge in [0.2, 0.25) is 0 Å². The van der Waals surface area contributed by atoms with Crippen LogP contribution in [0.1, 0.15) is 25.3 Å². The van der Waals surface area contributed by atoms with E-state index in [-0.39, 0.29) is 6.04 Å². The highest BCUT2D eigenvalue weighted by Crippen LogP contribution is 2.31. The second-order valence-electron chi connectivity index (χ2n) is 7.75. The van der Waals surface area contributed by atoms with Gasteiger partial charge in [0.1, 0.15) is 11.5 Å². The molecule has 0 saturated carbocycles. The molecule has 1 atom stereocenters. The van der Waals surface area contributed by atoms with Crippen LogP contribution in [0.4, 0.5) is 0 Å². The molecule has 4 aromatic heterocycles. The highest BCUT2D eigenvalue weighted by atomic mass is 15.3. The van der Waals surface area contributed by atoms with Crippen molar-refractivity contribution < 1.29 is 0 Å². The van der Waals surface area contributed by atoms with Gasteiger partial charge in [-0.05, 0) is 31.8 Å². The number of nitrogens with zero attached hydrogens (tertiary/aromatic N) is 8. The molecule has 1 unspecified atom stereocenters. The minimum absolute atomic E-state index is 0.0747. The first-order chi connectivity index (χ1) is 14.7. The molecule has 0 aliphatic carbocycles. The highest BCUT2D eigenvalue weighted by Gasteiger charge is 2.26. The summed E-state index contributed by atoms with van der Waals surface area (Å²) in [6.07, 6.45) is 13.8. The number of rotatable bonds is 5. The van der Waals surface area contributed by atoms with Crippen LogP contribution in [-0.2, 0) is 7.05 Å². The van der Waals surface area contributed by atoms with Gasteiger partial charge in [0.25, 0.3) is 0 Å². The zero-order chi connectivity index (χ0) is 20.5. The normalized spacial score (nSPS) is 16.0. The first kappa shape index (κ1) is 18.5. The van der Waals surface area contributed by atoms with Crippen molar-refractivity contribution >= 4 is 5.65 Å². The molecule has 0 amide bonds. The molecule has 0 spiro atoms. The Kier molecular flexibility index (Phi) is 4.77. The van der Waals surface area contributed by atoms with Crippen LogP contribution in [0, 0.1) is 17.2 Å². The number of hydrogen-bond acceptors (Lipinski definition) is 6. The van der Waals surface area contributed by atoms with Crippen LogP contribution < -0.4 is 5.32 Å². The second-order valence-corrected chi connectivity index (χ2v) is 7.75. The lowest BCUT2D eigenvalue weighted by atomic mass is 9.89. The third-order valence-corrected chi connectivity index (χ3v) is 5.82. The molecule has 152 valence electrons. The highest BCUT2D eigenvalue weighted by molar-refractivity contribution is 5.68. The predicted molar refractivity (Wildman–Crippen MR) is 111 cm³/mol. The second kappa shape index (κ2) is 7.72. The number of hydrogen-bond donors (Lipinski definition) is 1. The van der Waals surface area contributed by atoms with Gasteiger partial charge in [-0.2, -0.15) is 15.5 Å². The smallest absolute Gasteiger partial charge is 0.149 e. The van der Waals surface area contributed by atoms with Crippen molar-refractivity contribution in [3.63, 3.8) is 0 Å². The van der Waals surface area contributed by atoms with Gasteiger partial charge in [-0.25, -0.2) is 9.97 Å². The Labute approximate surface area is 174 Å². The Morgan fingerprint density at radius 3 is 2.80 bits per heavy atom. The van der Waals surface area contributed by atoms with E-state index in [2.05, 4.69) is 26.6 Å². The summed E-state index contributed by atoms with van der Waals surface area (Å²) < 4.78 is 5.68. The van der Waals surface area contributed by atoms with Gasteiger partial charge >= 0.3 is 0 Å². The van der Waals surface area contributed by atoms with Gasteiger partial charge in [0, 0.05) is 43.5 Å². The van der Waals surface area contributed by atoms with Crippen molar-refractivity contribution in [2.24, 2.45) is 13.0 Å². The number of imidazole rings is 1. The Morgan fingerprint density at radius 2 is 2.03 bits per heavy atom. The van der Waals surface area contributed by atoms with E-state index in [1.54, 1.807) is 17.1 Å². The topological polar surface area (TPSA) is 102 Å². The Morgan fingerprint density at radius 1 is 1.20 bits per heavy atom. The number of aromatic nitrogens is 7. The number of fused-ring (bicyclic) bond motifs is 1. The summed E-state index contributed by atoms with van der Waals surface area (Å²) >= 11 is 0. The maximum absolute atomic E-state index is 9.39. The van der Waals surface area contributed by atoms with Crippen LogP contribution in [0.5, 0.6) is 0 Å². The van der Waals surface area contributed by atoms with Crippen molar-refractivity contribution in [3.8, 4) is 28.7 Å². The molecule has 9 nitrogen and oxygen atoms in total. The fraction of sp³-hybridized carbons (Fsp3) is 0.381. The van der Waals surface area contributed by atoms with Crippen LogP contribution in [-0.4, -0.2) is 47.0 Å². The third kappa shape index (κ3) is 3.35. The van der Waals surface area contributed by atoms with E-state index >= 15 is 0 Å². The molecular formula is C21H23N9. The SMILES string of the molecule is Cn1cc(-c2cc3nccn3c(-c3cnn(C(CC#N)C4CCNCC4)c3)n2)cn1. The Balaban J connectivity index is 1.55. The fourth-order valence-electron chi connectivity index (χ4n) is 4.26. The zero-order valence-corrected chi connectivity index (χ0v) is 16.8. The molecule has 1 aliphatic heterocycles. The van der Waals surface area contributed by atoms with Gasteiger partial charge in [-0.15, -0.1) is 0 Å². The first-order valence-electron chi connectivity index (χ1n) is 10.2. The molecule has 1 aliphatic rings.